The van der Waals surface area contributed by atoms with Crippen LogP contribution < -0.4 is 11.1 Å². The number of allylic oxidation sites excluding steroid dienone is 2. The maximum absolute atomic E-state index is 12.2. The summed E-state index contributed by atoms with van der Waals surface area (Å²) < 4.78 is 5.55. The van der Waals surface area contributed by atoms with Gasteiger partial charge in [0.2, 0.25) is 11.8 Å². The van der Waals surface area contributed by atoms with Gasteiger partial charge in [0.25, 0.3) is 11.1 Å². The fourth-order valence-electron chi connectivity index (χ4n) is 3.29. The maximum atomic E-state index is 12.2. The Bertz CT molecular complexity index is 1580. The van der Waals surface area contributed by atoms with Crippen molar-refractivity contribution < 1.29 is 37.2 Å². The number of aliphatic hydroxyl groups excluding tert-OH is 2. The number of aromatic hydroxyl groups is 2. The number of rotatable bonds is 8. The van der Waals surface area contributed by atoms with E-state index in [1.807, 2.05) is 0 Å². The van der Waals surface area contributed by atoms with Crippen LogP contribution in [-0.2, 0) is 43.0 Å². The number of nitrogens with zero attached hydrogens (tertiary/aromatic N) is 10. The van der Waals surface area contributed by atoms with Crippen LogP contribution in [0.25, 0.3) is 10.8 Å². The van der Waals surface area contributed by atoms with E-state index in [1.54, 1.807) is 27.7 Å². The first kappa shape index (κ1) is 38.9. The van der Waals surface area contributed by atoms with Crippen LogP contribution in [0.15, 0.2) is 53.7 Å². The van der Waals surface area contributed by atoms with Crippen molar-refractivity contribution in [3.8, 4) is 11.8 Å². The Morgan fingerprint density at radius 1 is 0.698 bits per heavy atom. The molecule has 16 nitrogen and oxygen atoms in total. The second kappa shape index (κ2) is 17.8. The third-order valence-corrected chi connectivity index (χ3v) is 6.08. The fraction of sp³-hybridized carbons (Fsp3) is 0.417. The minimum atomic E-state index is -0.606. The fourth-order valence-corrected chi connectivity index (χ4v) is 4.14. The Kier molecular flexibility index (Phi) is 16.1. The van der Waals surface area contributed by atoms with Crippen LogP contribution in [0.2, 0.25) is 0 Å². The molecule has 2 heterocycles. The zero-order valence-corrected chi connectivity index (χ0v) is 26.9. The van der Waals surface area contributed by atoms with Gasteiger partial charge in [0, 0.05) is 26.2 Å². The molecule has 0 aliphatic rings. The molecule has 0 fully saturated rings. The summed E-state index contributed by atoms with van der Waals surface area (Å²) in [5.74, 6) is -2.38. The molecule has 0 saturated carbocycles. The average Bonchev–Trinajstić information content (AvgIpc) is 2.89. The summed E-state index contributed by atoms with van der Waals surface area (Å²) in [5.41, 5.74) is -1.87. The zero-order valence-electron chi connectivity index (χ0n) is 24.2. The second-order valence-corrected chi connectivity index (χ2v) is 8.92. The van der Waals surface area contributed by atoms with Crippen LogP contribution in [0, 0.1) is 9.54 Å². The third-order valence-electron chi connectivity index (χ3n) is 5.20. The molecule has 1 radical (unpaired) electrons. The molecule has 4 N–H and O–H groups in total. The summed E-state index contributed by atoms with van der Waals surface area (Å²) in [7, 11) is 0. The number of azo groups is 2. The van der Waals surface area contributed by atoms with Crippen LogP contribution in [0.1, 0.15) is 41.5 Å². The molecule has 2 aromatic rings. The van der Waals surface area contributed by atoms with Gasteiger partial charge >= 0.3 is 16.8 Å². The summed E-state index contributed by atoms with van der Waals surface area (Å²) in [5, 5.41) is 70.6. The molecule has 0 unspecified atom stereocenters. The number of hydrogen-bond donors (Lipinski definition) is 4. The van der Waals surface area contributed by atoms with Crippen molar-refractivity contribution in [2.75, 3.05) is 0 Å². The van der Waals surface area contributed by atoms with Gasteiger partial charge in [0.1, 0.15) is 0 Å². The minimum Gasteiger partial charge on any atom is -0.513 e. The maximum Gasteiger partial charge on any atom is 2.00 e. The van der Waals surface area contributed by atoms with Crippen LogP contribution in [-0.4, -0.2) is 50.4 Å². The van der Waals surface area contributed by atoms with E-state index in [9.17, 15) is 30.6 Å². The Morgan fingerprint density at radius 3 is 1.21 bits per heavy atom. The van der Waals surface area contributed by atoms with Crippen molar-refractivity contribution in [1.82, 2.24) is 18.3 Å². The van der Waals surface area contributed by atoms with Gasteiger partial charge in [0.15, 0.2) is 20.9 Å². The van der Waals surface area contributed by atoms with Gasteiger partial charge in [-0.1, -0.05) is 0 Å². The largest absolute Gasteiger partial charge is 2.00 e. The molecule has 0 aromatic carbocycles. The summed E-state index contributed by atoms with van der Waals surface area (Å²) in [6, 6.07) is 0. The first-order valence-corrected chi connectivity index (χ1v) is 13.3. The predicted octanol–water partition coefficient (Wildman–Crippen LogP) is 5.27. The summed E-state index contributed by atoms with van der Waals surface area (Å²) >= 11 is 10.2. The number of amidine groups is 2. The standard InChI is InChI=1S/2C12H16N5O3S.Co/c2*1-4-16-10(19)9(11(20)17(5-2)12(16)21)15-14-8(13)6-7(3)18;/h2*6,18-19H,4-5H2,1-3H3;/q2*-1;+2/b2*7-6-,15-14?;. The summed E-state index contributed by atoms with van der Waals surface area (Å²) in [6.45, 7) is 11.0. The van der Waals surface area contributed by atoms with E-state index in [0.717, 1.165) is 12.2 Å². The van der Waals surface area contributed by atoms with Gasteiger partial charge in [-0.15, -0.1) is 0 Å². The molecule has 2 rings (SSSR count). The van der Waals surface area contributed by atoms with Crippen molar-refractivity contribution in [1.29, 1.82) is 0 Å². The molecule has 0 aliphatic carbocycles. The monoisotopic (exact) mass is 679 g/mol. The topological polar surface area (TPSA) is 229 Å². The van der Waals surface area contributed by atoms with Crippen molar-refractivity contribution in [2.24, 2.45) is 20.5 Å². The zero-order chi connectivity index (χ0) is 32.3. The molecule has 0 saturated heterocycles. The van der Waals surface area contributed by atoms with Gasteiger partial charge < -0.3 is 41.5 Å². The molecule has 0 spiro atoms. The molecule has 43 heavy (non-hydrogen) atoms. The van der Waals surface area contributed by atoms with Gasteiger partial charge in [-0.05, 0) is 89.8 Å². The van der Waals surface area contributed by atoms with Gasteiger partial charge in [-0.2, -0.15) is 0 Å². The molecule has 235 valence electrons. The summed E-state index contributed by atoms with van der Waals surface area (Å²) in [4.78, 5) is 24.3. The van der Waals surface area contributed by atoms with E-state index < -0.39 is 34.5 Å². The van der Waals surface area contributed by atoms with E-state index in [0.29, 0.717) is 26.2 Å². The van der Waals surface area contributed by atoms with E-state index >= 15 is 0 Å². The van der Waals surface area contributed by atoms with Crippen LogP contribution in [0.5, 0.6) is 11.8 Å². The smallest absolute Gasteiger partial charge is 0.513 e. The Labute approximate surface area is 266 Å². The third kappa shape index (κ3) is 10.0. The molecule has 0 aliphatic heterocycles. The van der Waals surface area contributed by atoms with Crippen LogP contribution in [0.3, 0.4) is 0 Å². The van der Waals surface area contributed by atoms with Crippen molar-refractivity contribution >= 4 is 47.5 Å². The molecule has 2 aromatic heterocycles. The summed E-state index contributed by atoms with van der Waals surface area (Å²) in [6.07, 6.45) is 1.91. The van der Waals surface area contributed by atoms with E-state index in [2.05, 4.69) is 20.5 Å². The minimum absolute atomic E-state index is 0. The van der Waals surface area contributed by atoms with Crippen LogP contribution >= 0.6 is 24.4 Å². The first-order valence-electron chi connectivity index (χ1n) is 12.5. The van der Waals surface area contributed by atoms with E-state index in [4.69, 9.17) is 34.6 Å². The van der Waals surface area contributed by atoms with Crippen molar-refractivity contribution in [2.45, 2.75) is 67.7 Å². The average molecular weight is 680 g/mol. The normalized spacial score (nSPS) is 11.8. The van der Waals surface area contributed by atoms with Gasteiger partial charge in [0.05, 0.1) is 11.5 Å². The van der Waals surface area contributed by atoms with Crippen LogP contribution in [0.4, 0.5) is 11.4 Å². The quantitative estimate of drug-likeness (QED) is 0.0941. The first-order chi connectivity index (χ1) is 19.7. The molecule has 19 heteroatoms. The Balaban J connectivity index is 0.000000802. The van der Waals surface area contributed by atoms with Crippen molar-refractivity contribution in [3.63, 3.8) is 0 Å². The van der Waals surface area contributed by atoms with Gasteiger partial charge in [-0.3, -0.25) is 27.9 Å². The number of hydrogen-bond acceptors (Lipinski definition) is 10. The number of aromatic nitrogens is 4. The SMILES string of the molecule is CCn1c(O)c(N=NC(=[N-])/C=C(/C)O)c(=O)n(CC)c1=S.CCn1c(O)c(N=NC(=[N-])/C=C(/C)O)c(=O)n(CC)c1=S.[Co+2]. The molecular weight excluding hydrogens is 647 g/mol. The Morgan fingerprint density at radius 2 is 0.977 bits per heavy atom. The molecule has 0 amide bonds. The van der Waals surface area contributed by atoms with E-state index in [1.165, 1.54) is 32.1 Å². The molecule has 0 bridgehead atoms. The van der Waals surface area contributed by atoms with Crippen molar-refractivity contribution in [3.05, 3.63) is 64.7 Å². The number of aliphatic hydroxyl groups is 2. The molecular formula is C24H32CoN10O6S2. The van der Waals surface area contributed by atoms with Gasteiger partial charge in [-0.25, -0.2) is 10.2 Å². The predicted molar refractivity (Wildman–Crippen MR) is 164 cm³/mol. The Hall–Kier alpha value is -4.07. The van der Waals surface area contributed by atoms with E-state index in [-0.39, 0.29) is 49.2 Å². The second-order valence-electron chi connectivity index (χ2n) is 8.18. The molecule has 0 atom stereocenters.